The fraction of sp³-hybridized carbons (Fsp3) is 0.0435. The van der Waals surface area contributed by atoms with Gasteiger partial charge in [0.1, 0.15) is 12.4 Å². The van der Waals surface area contributed by atoms with Crippen molar-refractivity contribution < 1.29 is 9.53 Å². The normalized spacial score (nSPS) is 15.1. The molecular weight excluding hydrogens is 537 g/mol. The van der Waals surface area contributed by atoms with Gasteiger partial charge in [-0.05, 0) is 69.5 Å². The zero-order chi connectivity index (χ0) is 22.0. The Bertz CT molecular complexity index is 1200. The molecule has 0 unspecified atom stereocenters. The van der Waals surface area contributed by atoms with Crippen LogP contribution in [0.5, 0.6) is 5.75 Å². The molecule has 3 aromatic carbocycles. The van der Waals surface area contributed by atoms with Gasteiger partial charge >= 0.3 is 0 Å². The zero-order valence-electron chi connectivity index (χ0n) is 15.8. The van der Waals surface area contributed by atoms with E-state index < -0.39 is 0 Å². The van der Waals surface area contributed by atoms with E-state index in [4.69, 9.17) is 40.2 Å². The van der Waals surface area contributed by atoms with E-state index in [1.54, 1.807) is 17.0 Å². The summed E-state index contributed by atoms with van der Waals surface area (Å²) < 4.78 is 7.18. The summed E-state index contributed by atoms with van der Waals surface area (Å²) in [5.41, 5.74) is 2.54. The Morgan fingerprint density at radius 1 is 1.03 bits per heavy atom. The lowest BCUT2D eigenvalue weighted by Crippen LogP contribution is -2.27. The van der Waals surface area contributed by atoms with Crippen LogP contribution in [-0.2, 0) is 11.4 Å². The first-order chi connectivity index (χ1) is 14.9. The van der Waals surface area contributed by atoms with Gasteiger partial charge in [0.05, 0.1) is 25.1 Å². The van der Waals surface area contributed by atoms with Crippen LogP contribution in [0.1, 0.15) is 11.1 Å². The lowest BCUT2D eigenvalue weighted by Gasteiger charge is -2.13. The third kappa shape index (κ3) is 5.16. The number of halogens is 3. The van der Waals surface area contributed by atoms with Gasteiger partial charge in [-0.2, -0.15) is 0 Å². The summed E-state index contributed by atoms with van der Waals surface area (Å²) in [5.74, 6) is 0.553. The summed E-state index contributed by atoms with van der Waals surface area (Å²) in [4.78, 5) is 15.0. The summed E-state index contributed by atoms with van der Waals surface area (Å²) in [6.07, 6.45) is 1.83. The molecule has 0 atom stereocenters. The van der Waals surface area contributed by atoms with E-state index in [-0.39, 0.29) is 5.91 Å². The van der Waals surface area contributed by atoms with Crippen LogP contribution >= 0.6 is 63.1 Å². The van der Waals surface area contributed by atoms with Crippen LogP contribution in [0, 0.1) is 0 Å². The van der Waals surface area contributed by atoms with Gasteiger partial charge in [-0.1, -0.05) is 77.5 Å². The molecule has 3 nitrogen and oxygen atoms in total. The molecular formula is C23H14BrCl2NO2S2. The van der Waals surface area contributed by atoms with Crippen LogP contribution in [0.4, 0.5) is 5.69 Å². The van der Waals surface area contributed by atoms with Crippen molar-refractivity contribution in [3.05, 3.63) is 97.3 Å². The van der Waals surface area contributed by atoms with Crippen molar-refractivity contribution in [1.29, 1.82) is 0 Å². The van der Waals surface area contributed by atoms with E-state index in [0.29, 0.717) is 31.6 Å². The van der Waals surface area contributed by atoms with Gasteiger partial charge in [0.2, 0.25) is 0 Å². The van der Waals surface area contributed by atoms with E-state index >= 15 is 0 Å². The molecule has 1 aliphatic heterocycles. The van der Waals surface area contributed by atoms with Crippen molar-refractivity contribution in [2.45, 2.75) is 6.61 Å². The Hall–Kier alpha value is -1.83. The molecule has 0 spiro atoms. The average molecular weight is 551 g/mol. The monoisotopic (exact) mass is 549 g/mol. The highest BCUT2D eigenvalue weighted by Gasteiger charge is 2.33. The molecule has 1 fully saturated rings. The molecule has 0 N–H and O–H groups in total. The SMILES string of the molecule is O=C1/C(=C\c2ccc(OCc3ccc(Cl)c(Cl)c3)c(Br)c2)SC(=S)N1c1ccccc1. The zero-order valence-corrected chi connectivity index (χ0v) is 20.6. The number of thiocarbonyl (C=S) groups is 1. The van der Waals surface area contributed by atoms with Crippen molar-refractivity contribution in [1.82, 2.24) is 0 Å². The molecule has 31 heavy (non-hydrogen) atoms. The number of thioether (sulfide) groups is 1. The third-order valence-electron chi connectivity index (χ3n) is 4.44. The number of amides is 1. The van der Waals surface area contributed by atoms with E-state index in [1.807, 2.05) is 60.7 Å². The summed E-state index contributed by atoms with van der Waals surface area (Å²) >= 11 is 22.3. The fourth-order valence-electron chi connectivity index (χ4n) is 2.93. The molecule has 3 aromatic rings. The maximum Gasteiger partial charge on any atom is 0.270 e. The second-order valence-electron chi connectivity index (χ2n) is 6.58. The maximum atomic E-state index is 12.9. The minimum absolute atomic E-state index is 0.128. The van der Waals surface area contributed by atoms with Gasteiger partial charge in [-0.15, -0.1) is 0 Å². The molecule has 1 heterocycles. The first kappa shape index (κ1) is 22.4. The number of ether oxygens (including phenoxy) is 1. The minimum Gasteiger partial charge on any atom is -0.488 e. The molecule has 0 radical (unpaired) electrons. The number of hydrogen-bond donors (Lipinski definition) is 0. The lowest BCUT2D eigenvalue weighted by atomic mass is 10.2. The largest absolute Gasteiger partial charge is 0.488 e. The van der Waals surface area contributed by atoms with Crippen LogP contribution < -0.4 is 9.64 Å². The van der Waals surface area contributed by atoms with Crippen LogP contribution in [0.25, 0.3) is 6.08 Å². The average Bonchev–Trinajstić information content (AvgIpc) is 3.03. The molecule has 1 saturated heterocycles. The summed E-state index contributed by atoms with van der Waals surface area (Å²) in [6, 6.07) is 20.4. The topological polar surface area (TPSA) is 29.5 Å². The maximum absolute atomic E-state index is 12.9. The van der Waals surface area contributed by atoms with Crippen LogP contribution in [0.15, 0.2) is 76.1 Å². The van der Waals surface area contributed by atoms with Gasteiger partial charge in [-0.25, -0.2) is 0 Å². The Morgan fingerprint density at radius 3 is 2.52 bits per heavy atom. The highest BCUT2D eigenvalue weighted by atomic mass is 79.9. The van der Waals surface area contributed by atoms with Crippen molar-refractivity contribution in [2.75, 3.05) is 4.90 Å². The van der Waals surface area contributed by atoms with Gasteiger partial charge in [0.15, 0.2) is 4.32 Å². The Kier molecular flexibility index (Phi) is 7.04. The number of anilines is 1. The van der Waals surface area contributed by atoms with E-state index in [2.05, 4.69) is 15.9 Å². The highest BCUT2D eigenvalue weighted by Crippen LogP contribution is 2.37. The van der Waals surface area contributed by atoms with E-state index in [9.17, 15) is 4.79 Å². The standard InChI is InChI=1S/C23H14BrCl2NO2S2/c24-17-10-14(7-9-20(17)29-13-15-6-8-18(25)19(26)11-15)12-21-22(28)27(23(30)31-21)16-4-2-1-3-5-16/h1-12H,13H2/b21-12+. The number of benzene rings is 3. The molecule has 0 saturated carbocycles. The molecule has 4 rings (SSSR count). The first-order valence-electron chi connectivity index (χ1n) is 9.11. The summed E-state index contributed by atoms with van der Waals surface area (Å²) in [5, 5.41) is 0.999. The molecule has 0 aliphatic carbocycles. The van der Waals surface area contributed by atoms with Crippen molar-refractivity contribution in [3.63, 3.8) is 0 Å². The highest BCUT2D eigenvalue weighted by molar-refractivity contribution is 9.10. The van der Waals surface area contributed by atoms with Gasteiger partial charge < -0.3 is 4.74 Å². The Labute approximate surface area is 208 Å². The summed E-state index contributed by atoms with van der Waals surface area (Å²) in [7, 11) is 0. The number of carbonyl (C=O) groups excluding carboxylic acids is 1. The molecule has 0 bridgehead atoms. The predicted octanol–water partition coefficient (Wildman–Crippen LogP) is 7.74. The lowest BCUT2D eigenvalue weighted by molar-refractivity contribution is -0.113. The van der Waals surface area contributed by atoms with E-state index in [1.165, 1.54) is 11.8 Å². The predicted molar refractivity (Wildman–Crippen MR) is 137 cm³/mol. The third-order valence-corrected chi connectivity index (χ3v) is 7.10. The molecule has 0 aromatic heterocycles. The van der Waals surface area contributed by atoms with Crippen molar-refractivity contribution in [3.8, 4) is 5.75 Å². The number of nitrogens with zero attached hydrogens (tertiary/aromatic N) is 1. The Morgan fingerprint density at radius 2 is 1.81 bits per heavy atom. The smallest absolute Gasteiger partial charge is 0.270 e. The number of rotatable bonds is 5. The minimum atomic E-state index is -0.128. The first-order valence-corrected chi connectivity index (χ1v) is 11.9. The van der Waals surface area contributed by atoms with E-state index in [0.717, 1.165) is 21.3 Å². The molecule has 156 valence electrons. The van der Waals surface area contributed by atoms with Crippen LogP contribution in [0.3, 0.4) is 0 Å². The van der Waals surface area contributed by atoms with Gasteiger partial charge in [0.25, 0.3) is 5.91 Å². The number of hydrogen-bond acceptors (Lipinski definition) is 4. The Balaban J connectivity index is 1.49. The summed E-state index contributed by atoms with van der Waals surface area (Å²) in [6.45, 7) is 0.352. The van der Waals surface area contributed by atoms with Crippen LogP contribution in [-0.4, -0.2) is 10.2 Å². The van der Waals surface area contributed by atoms with Gasteiger partial charge in [-0.3, -0.25) is 9.69 Å². The number of carbonyl (C=O) groups is 1. The molecule has 1 aliphatic rings. The molecule has 8 heteroatoms. The van der Waals surface area contributed by atoms with Crippen LogP contribution in [0.2, 0.25) is 10.0 Å². The second kappa shape index (κ2) is 9.76. The molecule has 1 amide bonds. The quantitative estimate of drug-likeness (QED) is 0.240. The van der Waals surface area contributed by atoms with Gasteiger partial charge in [0, 0.05) is 0 Å². The van der Waals surface area contributed by atoms with Crippen molar-refractivity contribution >= 4 is 85.1 Å². The number of para-hydroxylation sites is 1. The van der Waals surface area contributed by atoms with Crippen molar-refractivity contribution in [2.24, 2.45) is 0 Å². The fourth-order valence-corrected chi connectivity index (χ4v) is 5.06. The second-order valence-corrected chi connectivity index (χ2v) is 9.92.